The van der Waals surface area contributed by atoms with E-state index in [9.17, 15) is 14.3 Å². The van der Waals surface area contributed by atoms with E-state index in [4.69, 9.17) is 13.8 Å². The predicted molar refractivity (Wildman–Crippen MR) is 97.4 cm³/mol. The molecule has 0 aromatic heterocycles. The van der Waals surface area contributed by atoms with E-state index in [-0.39, 0.29) is 70.9 Å². The van der Waals surface area contributed by atoms with Crippen LogP contribution in [0.5, 0.6) is 0 Å². The molecule has 0 N–H and O–H groups in total. The third-order valence-electron chi connectivity index (χ3n) is 7.19. The summed E-state index contributed by atoms with van der Waals surface area (Å²) in [6.07, 6.45) is 8.71. The Balaban J connectivity index is 0.00000225. The second-order valence-corrected chi connectivity index (χ2v) is 10.1. The van der Waals surface area contributed by atoms with Gasteiger partial charge in [-0.15, -0.1) is 0 Å². The van der Waals surface area contributed by atoms with E-state index in [1.54, 1.807) is 6.08 Å². The van der Waals surface area contributed by atoms with Gasteiger partial charge in [-0.1, -0.05) is 38.2 Å². The molecule has 148 valence electrons. The Bertz CT molecular complexity index is 792. The van der Waals surface area contributed by atoms with Crippen LogP contribution in [-0.4, -0.2) is 25.3 Å². The standard InChI is InChI=1S/C20H27O6P.Na/c1-13-4-7-16-19(2,15(13)6-5-14-9-11-24-18(14)21)10-8-17-20(16,3)12-25-27(22,23)26-17;/h5-6,9,15-17H,1,4,7-8,10-12H2,2-3H3,(H,22,23);/q;+1/p-1/b6-5+;. The van der Waals surface area contributed by atoms with Crippen molar-refractivity contribution in [2.45, 2.75) is 45.6 Å². The van der Waals surface area contributed by atoms with Crippen LogP contribution >= 0.6 is 7.82 Å². The first-order chi connectivity index (χ1) is 12.7. The number of phosphoric acid groups is 1. The smallest absolute Gasteiger partial charge is 0.756 e. The molecular weight excluding hydrogens is 390 g/mol. The Morgan fingerprint density at radius 3 is 2.75 bits per heavy atom. The first kappa shape index (κ1) is 22.5. The monoisotopic (exact) mass is 416 g/mol. The van der Waals surface area contributed by atoms with Crippen molar-refractivity contribution < 1.29 is 57.6 Å². The van der Waals surface area contributed by atoms with Crippen molar-refractivity contribution in [1.29, 1.82) is 0 Å². The normalized spacial score (nSPS) is 45.7. The van der Waals surface area contributed by atoms with Crippen LogP contribution in [0.1, 0.15) is 39.5 Å². The van der Waals surface area contributed by atoms with Crippen molar-refractivity contribution >= 4 is 13.8 Å². The molecular formula is C20H26NaO6P. The number of hydrogen-bond acceptors (Lipinski definition) is 6. The maximum Gasteiger partial charge on any atom is 1.00 e. The number of fused-ring (bicyclic) bond motifs is 3. The molecule has 8 heteroatoms. The summed E-state index contributed by atoms with van der Waals surface area (Å²) in [5, 5.41) is 0. The van der Waals surface area contributed by atoms with Gasteiger partial charge in [0.15, 0.2) is 0 Å². The topological polar surface area (TPSA) is 84.9 Å². The Labute approximate surface area is 188 Å². The van der Waals surface area contributed by atoms with Crippen molar-refractivity contribution in [1.82, 2.24) is 0 Å². The van der Waals surface area contributed by atoms with Gasteiger partial charge in [-0.25, -0.2) is 4.79 Å². The number of hydrogen-bond donors (Lipinski definition) is 0. The maximum absolute atomic E-state index is 11.8. The number of esters is 1. The summed E-state index contributed by atoms with van der Waals surface area (Å²) in [7, 11) is -4.19. The number of ether oxygens (including phenoxy) is 1. The summed E-state index contributed by atoms with van der Waals surface area (Å²) in [6.45, 7) is 9.14. The Morgan fingerprint density at radius 1 is 1.32 bits per heavy atom. The van der Waals surface area contributed by atoms with Crippen LogP contribution in [0.15, 0.2) is 36.0 Å². The molecule has 0 aromatic carbocycles. The molecule has 2 saturated carbocycles. The van der Waals surface area contributed by atoms with E-state index >= 15 is 0 Å². The second-order valence-electron chi connectivity index (χ2n) is 8.71. The van der Waals surface area contributed by atoms with E-state index < -0.39 is 7.82 Å². The number of phosphoric ester groups is 1. The van der Waals surface area contributed by atoms with E-state index in [2.05, 4.69) is 26.5 Å². The molecule has 0 spiro atoms. The van der Waals surface area contributed by atoms with Crippen LogP contribution in [0.25, 0.3) is 0 Å². The molecule has 4 rings (SSSR count). The second kappa shape index (κ2) is 7.81. The van der Waals surface area contributed by atoms with Crippen molar-refractivity contribution in [3.05, 3.63) is 36.0 Å². The molecule has 2 heterocycles. The molecule has 2 aliphatic heterocycles. The molecule has 28 heavy (non-hydrogen) atoms. The van der Waals surface area contributed by atoms with E-state index in [0.717, 1.165) is 24.8 Å². The molecule has 0 amide bonds. The number of cyclic esters (lactones) is 1. The molecule has 0 aromatic rings. The van der Waals surface area contributed by atoms with Gasteiger partial charge in [-0.05, 0) is 43.1 Å². The van der Waals surface area contributed by atoms with Gasteiger partial charge in [0.25, 0.3) is 7.82 Å². The molecule has 2 aliphatic carbocycles. The summed E-state index contributed by atoms with van der Waals surface area (Å²) in [4.78, 5) is 23.5. The van der Waals surface area contributed by atoms with Crippen LogP contribution < -0.4 is 34.5 Å². The molecule has 0 radical (unpaired) electrons. The molecule has 1 saturated heterocycles. The van der Waals surface area contributed by atoms with E-state index in [1.165, 1.54) is 0 Å². The third-order valence-corrected chi connectivity index (χ3v) is 8.15. The van der Waals surface area contributed by atoms with Crippen LogP contribution in [-0.2, 0) is 23.1 Å². The predicted octanol–water partition coefficient (Wildman–Crippen LogP) is 0.302. The summed E-state index contributed by atoms with van der Waals surface area (Å²) in [6, 6.07) is 0. The maximum atomic E-state index is 11.8. The van der Waals surface area contributed by atoms with Crippen molar-refractivity contribution in [2.75, 3.05) is 13.2 Å². The fourth-order valence-electron chi connectivity index (χ4n) is 5.74. The van der Waals surface area contributed by atoms with Crippen LogP contribution in [0.3, 0.4) is 0 Å². The zero-order chi connectivity index (χ0) is 19.4. The number of carbonyl (C=O) groups excluding carboxylic acids is 1. The van der Waals surface area contributed by atoms with E-state index in [0.29, 0.717) is 18.6 Å². The van der Waals surface area contributed by atoms with Crippen molar-refractivity contribution in [3.63, 3.8) is 0 Å². The van der Waals surface area contributed by atoms with Crippen molar-refractivity contribution in [3.8, 4) is 0 Å². The largest absolute Gasteiger partial charge is 1.00 e. The summed E-state index contributed by atoms with van der Waals surface area (Å²) < 4.78 is 27.2. The van der Waals surface area contributed by atoms with Crippen molar-refractivity contribution in [2.24, 2.45) is 22.7 Å². The summed E-state index contributed by atoms with van der Waals surface area (Å²) in [5.41, 5.74) is 1.30. The third kappa shape index (κ3) is 3.66. The molecule has 6 nitrogen and oxygen atoms in total. The molecule has 3 fully saturated rings. The molecule has 0 bridgehead atoms. The number of carbonyl (C=O) groups is 1. The fourth-order valence-corrected chi connectivity index (χ4v) is 6.90. The van der Waals surface area contributed by atoms with Gasteiger partial charge in [0.2, 0.25) is 0 Å². The molecule has 6 atom stereocenters. The van der Waals surface area contributed by atoms with Gasteiger partial charge >= 0.3 is 35.5 Å². The quantitative estimate of drug-likeness (QED) is 0.279. The molecule has 6 unspecified atom stereocenters. The first-order valence-electron chi connectivity index (χ1n) is 9.53. The fraction of sp³-hybridized carbons (Fsp3) is 0.650. The Hall–Kier alpha value is -0.200. The summed E-state index contributed by atoms with van der Waals surface area (Å²) in [5.74, 6) is 0.0725. The zero-order valence-corrected chi connectivity index (χ0v) is 19.7. The molecule has 4 aliphatic rings. The van der Waals surface area contributed by atoms with Crippen LogP contribution in [0, 0.1) is 22.7 Å². The average Bonchev–Trinajstić information content (AvgIpc) is 3.00. The van der Waals surface area contributed by atoms with Gasteiger partial charge in [-0.3, -0.25) is 4.57 Å². The van der Waals surface area contributed by atoms with Crippen LogP contribution in [0.2, 0.25) is 0 Å². The minimum absolute atomic E-state index is 0. The Kier molecular flexibility index (Phi) is 6.27. The zero-order valence-electron chi connectivity index (χ0n) is 16.8. The minimum atomic E-state index is -4.19. The van der Waals surface area contributed by atoms with E-state index in [1.807, 2.05) is 6.08 Å². The minimum Gasteiger partial charge on any atom is -0.756 e. The van der Waals surface area contributed by atoms with Gasteiger partial charge in [0, 0.05) is 11.3 Å². The first-order valence-corrected chi connectivity index (χ1v) is 11.0. The average molecular weight is 416 g/mol. The van der Waals surface area contributed by atoms with Gasteiger partial charge < -0.3 is 18.7 Å². The number of rotatable bonds is 2. The summed E-state index contributed by atoms with van der Waals surface area (Å²) >= 11 is 0. The SMILES string of the molecule is C=C1CCC2C3(C)COP(=O)([O-])OC3CCC2(C)C1/C=C/C1=CCOC1=O.[Na+]. The van der Waals surface area contributed by atoms with Crippen LogP contribution in [0.4, 0.5) is 0 Å². The number of allylic oxidation sites excluding steroid dienone is 2. The van der Waals surface area contributed by atoms with Gasteiger partial charge in [-0.2, -0.15) is 0 Å². The van der Waals surface area contributed by atoms with Gasteiger partial charge in [0.1, 0.15) is 6.61 Å². The van der Waals surface area contributed by atoms with Gasteiger partial charge in [0.05, 0.1) is 18.3 Å². The Morgan fingerprint density at radius 2 is 2.07 bits per heavy atom.